The van der Waals surface area contributed by atoms with Crippen LogP contribution in [-0.2, 0) is 24.2 Å². The van der Waals surface area contributed by atoms with E-state index in [9.17, 15) is 18.0 Å². The monoisotopic (exact) mass is 491 g/mol. The van der Waals surface area contributed by atoms with Crippen molar-refractivity contribution in [3.8, 4) is 0 Å². The Labute approximate surface area is 205 Å². The van der Waals surface area contributed by atoms with Crippen molar-refractivity contribution in [3.63, 3.8) is 0 Å². The maximum absolute atomic E-state index is 12.4. The van der Waals surface area contributed by atoms with E-state index in [4.69, 9.17) is 4.74 Å². The molecule has 0 aliphatic heterocycles. The SMILES string of the molecule is CCOC(=O)C(CCS(C)(=O)=O)NC(=O)/C=C(C)/C=C/C=C(C)/C=C/C1=C(C)CCCC1(C)C. The van der Waals surface area contributed by atoms with Gasteiger partial charge in [-0.2, -0.15) is 0 Å². The Bertz CT molecular complexity index is 994. The molecule has 1 aliphatic rings. The number of carbonyl (C=O) groups excluding carboxylic acids is 2. The molecule has 1 unspecified atom stereocenters. The molecular formula is C27H41NO5S. The number of carbonyl (C=O) groups is 2. The van der Waals surface area contributed by atoms with E-state index in [1.165, 1.54) is 30.1 Å². The Morgan fingerprint density at radius 1 is 1.18 bits per heavy atom. The third-order valence-electron chi connectivity index (χ3n) is 5.80. The first kappa shape index (κ1) is 29.6. The second kappa shape index (κ2) is 13.5. The van der Waals surface area contributed by atoms with E-state index >= 15 is 0 Å². The molecule has 0 heterocycles. The van der Waals surface area contributed by atoms with Gasteiger partial charge in [-0.25, -0.2) is 13.2 Å². The van der Waals surface area contributed by atoms with Crippen LogP contribution in [0.15, 0.2) is 58.7 Å². The predicted molar refractivity (Wildman–Crippen MR) is 139 cm³/mol. The summed E-state index contributed by atoms with van der Waals surface area (Å²) in [6.45, 7) is 12.4. The summed E-state index contributed by atoms with van der Waals surface area (Å²) in [5, 5.41) is 2.55. The maximum Gasteiger partial charge on any atom is 0.328 e. The smallest absolute Gasteiger partial charge is 0.328 e. The summed E-state index contributed by atoms with van der Waals surface area (Å²) < 4.78 is 27.8. The molecule has 1 rings (SSSR count). The minimum absolute atomic E-state index is 0.0346. The van der Waals surface area contributed by atoms with Gasteiger partial charge in [-0.1, -0.05) is 55.4 Å². The first-order valence-electron chi connectivity index (χ1n) is 11.8. The first-order chi connectivity index (χ1) is 15.7. The molecule has 1 aliphatic carbocycles. The van der Waals surface area contributed by atoms with Gasteiger partial charge in [-0.3, -0.25) is 4.79 Å². The number of nitrogens with one attached hydrogen (secondary N) is 1. The van der Waals surface area contributed by atoms with Crippen LogP contribution in [0.4, 0.5) is 0 Å². The molecule has 6 nitrogen and oxygen atoms in total. The molecule has 0 saturated heterocycles. The van der Waals surface area contributed by atoms with Gasteiger partial charge in [0.15, 0.2) is 0 Å². The van der Waals surface area contributed by atoms with Crippen LogP contribution in [0, 0.1) is 5.41 Å². The summed E-state index contributed by atoms with van der Waals surface area (Å²) in [5.74, 6) is -1.33. The van der Waals surface area contributed by atoms with E-state index in [1.54, 1.807) is 13.8 Å². The Morgan fingerprint density at radius 2 is 1.85 bits per heavy atom. The molecule has 34 heavy (non-hydrogen) atoms. The Kier molecular flexibility index (Phi) is 11.7. The lowest BCUT2D eigenvalue weighted by Crippen LogP contribution is -2.42. The van der Waals surface area contributed by atoms with Crippen molar-refractivity contribution in [2.75, 3.05) is 18.6 Å². The van der Waals surface area contributed by atoms with Gasteiger partial charge in [0.1, 0.15) is 15.9 Å². The normalized spacial score (nSPS) is 18.4. The Balaban J connectivity index is 2.79. The van der Waals surface area contributed by atoms with Gasteiger partial charge < -0.3 is 10.1 Å². The molecule has 190 valence electrons. The van der Waals surface area contributed by atoms with Gasteiger partial charge >= 0.3 is 5.97 Å². The van der Waals surface area contributed by atoms with Crippen molar-refractivity contribution < 1.29 is 22.7 Å². The third kappa shape index (κ3) is 11.1. The van der Waals surface area contributed by atoms with Gasteiger partial charge in [-0.05, 0) is 69.9 Å². The zero-order chi connectivity index (χ0) is 25.9. The molecule has 0 spiro atoms. The van der Waals surface area contributed by atoms with Crippen LogP contribution in [0.1, 0.15) is 67.2 Å². The van der Waals surface area contributed by atoms with Gasteiger partial charge in [-0.15, -0.1) is 0 Å². The lowest BCUT2D eigenvalue weighted by Gasteiger charge is -2.32. The Hall–Kier alpha value is -2.41. The maximum atomic E-state index is 12.4. The fourth-order valence-electron chi connectivity index (χ4n) is 3.92. The number of hydrogen-bond donors (Lipinski definition) is 1. The molecule has 0 aromatic carbocycles. The molecular weight excluding hydrogens is 450 g/mol. The van der Waals surface area contributed by atoms with Crippen molar-refractivity contribution in [2.45, 2.75) is 73.3 Å². The number of sulfone groups is 1. The highest BCUT2D eigenvalue weighted by Gasteiger charge is 2.26. The number of allylic oxidation sites excluding steroid dienone is 9. The van der Waals surface area contributed by atoms with Crippen LogP contribution in [0.3, 0.4) is 0 Å². The molecule has 0 fully saturated rings. The number of hydrogen-bond acceptors (Lipinski definition) is 5. The molecule has 1 amide bonds. The molecule has 7 heteroatoms. The summed E-state index contributed by atoms with van der Waals surface area (Å²) in [6.07, 6.45) is 16.0. The fraction of sp³-hybridized carbons (Fsp3) is 0.556. The quantitative estimate of drug-likeness (QED) is 0.250. The molecule has 1 N–H and O–H groups in total. The Morgan fingerprint density at radius 3 is 2.44 bits per heavy atom. The predicted octanol–water partition coefficient (Wildman–Crippen LogP) is 5.00. The third-order valence-corrected chi connectivity index (χ3v) is 6.77. The van der Waals surface area contributed by atoms with E-state index in [-0.39, 0.29) is 24.2 Å². The van der Waals surface area contributed by atoms with Crippen LogP contribution in [-0.4, -0.2) is 45.0 Å². The van der Waals surface area contributed by atoms with Crippen LogP contribution >= 0.6 is 0 Å². The number of amides is 1. The summed E-state index contributed by atoms with van der Waals surface area (Å²) in [6, 6.07) is -1.01. The van der Waals surface area contributed by atoms with Crippen molar-refractivity contribution >= 4 is 21.7 Å². The molecule has 0 saturated carbocycles. The highest BCUT2D eigenvalue weighted by molar-refractivity contribution is 7.90. The molecule has 0 aromatic rings. The van der Waals surface area contributed by atoms with Gasteiger partial charge in [0.2, 0.25) is 5.91 Å². The van der Waals surface area contributed by atoms with Crippen molar-refractivity contribution in [1.82, 2.24) is 5.32 Å². The van der Waals surface area contributed by atoms with Crippen molar-refractivity contribution in [3.05, 3.63) is 58.7 Å². The number of rotatable bonds is 11. The average molecular weight is 492 g/mol. The van der Waals surface area contributed by atoms with Crippen molar-refractivity contribution in [2.24, 2.45) is 5.41 Å². The zero-order valence-corrected chi connectivity index (χ0v) is 22.6. The summed E-state index contributed by atoms with van der Waals surface area (Å²) in [5.41, 5.74) is 4.86. The molecule has 0 radical (unpaired) electrons. The summed E-state index contributed by atoms with van der Waals surface area (Å²) in [4.78, 5) is 24.4. The fourth-order valence-corrected chi connectivity index (χ4v) is 4.59. The topological polar surface area (TPSA) is 89.5 Å². The second-order valence-electron chi connectivity index (χ2n) is 9.65. The molecule has 0 bridgehead atoms. The number of ether oxygens (including phenoxy) is 1. The van der Waals surface area contributed by atoms with Crippen LogP contribution in [0.2, 0.25) is 0 Å². The van der Waals surface area contributed by atoms with Gasteiger partial charge in [0.05, 0.1) is 12.4 Å². The van der Waals surface area contributed by atoms with Gasteiger partial charge in [0, 0.05) is 12.3 Å². The highest BCUT2D eigenvalue weighted by Crippen LogP contribution is 2.40. The van der Waals surface area contributed by atoms with Crippen LogP contribution < -0.4 is 5.32 Å². The van der Waals surface area contributed by atoms with E-state index in [0.29, 0.717) is 5.57 Å². The van der Waals surface area contributed by atoms with Gasteiger partial charge in [0.25, 0.3) is 0 Å². The van der Waals surface area contributed by atoms with Crippen molar-refractivity contribution in [1.29, 1.82) is 0 Å². The van der Waals surface area contributed by atoms with E-state index in [1.807, 2.05) is 25.2 Å². The first-order valence-corrected chi connectivity index (χ1v) is 13.9. The lowest BCUT2D eigenvalue weighted by molar-refractivity contribution is -0.147. The molecule has 0 aromatic heterocycles. The molecule has 1 atom stereocenters. The van der Waals surface area contributed by atoms with E-state index in [2.05, 4.69) is 38.2 Å². The largest absolute Gasteiger partial charge is 0.464 e. The second-order valence-corrected chi connectivity index (χ2v) is 11.9. The average Bonchev–Trinajstić information content (AvgIpc) is 2.69. The van der Waals surface area contributed by atoms with Crippen LogP contribution in [0.25, 0.3) is 0 Å². The highest BCUT2D eigenvalue weighted by atomic mass is 32.2. The number of esters is 1. The summed E-state index contributed by atoms with van der Waals surface area (Å²) in [7, 11) is -3.27. The minimum atomic E-state index is -3.27. The van der Waals surface area contributed by atoms with E-state index < -0.39 is 27.8 Å². The summed E-state index contributed by atoms with van der Waals surface area (Å²) >= 11 is 0. The van der Waals surface area contributed by atoms with Crippen LogP contribution in [0.5, 0.6) is 0 Å². The lowest BCUT2D eigenvalue weighted by atomic mass is 9.72. The van der Waals surface area contributed by atoms with E-state index in [0.717, 1.165) is 18.2 Å². The minimum Gasteiger partial charge on any atom is -0.464 e. The zero-order valence-electron chi connectivity index (χ0n) is 21.7. The standard InChI is InChI=1S/C27H41NO5S/c1-8-33-26(30)24(16-18-34(7,31)32)28-25(29)19-21(3)12-9-11-20(2)14-15-23-22(4)13-10-17-27(23,5)6/h9,11-12,14-15,19,24H,8,10,13,16-18H2,1-7H3,(H,28,29)/b12-9+,15-14+,20-11+,21-19+.